The van der Waals surface area contributed by atoms with Gasteiger partial charge in [-0.25, -0.2) is 0 Å². The van der Waals surface area contributed by atoms with Crippen molar-refractivity contribution in [2.24, 2.45) is 0 Å². The fraction of sp³-hybridized carbons (Fsp3) is 0.946. The number of carbonyl (C=O) groups excluding carboxylic acids is 1. The molecule has 0 aliphatic heterocycles. The molecule has 0 aliphatic carbocycles. The van der Waals surface area contributed by atoms with Crippen LogP contribution in [0.5, 0.6) is 0 Å². The lowest BCUT2D eigenvalue weighted by Crippen LogP contribution is -2.45. The van der Waals surface area contributed by atoms with Gasteiger partial charge in [0.15, 0.2) is 0 Å². The highest BCUT2D eigenvalue weighted by Crippen LogP contribution is 2.38. The van der Waals surface area contributed by atoms with Gasteiger partial charge >= 0.3 is 0 Å². The maximum atomic E-state index is 12.8. The quantitative estimate of drug-likeness (QED) is 0.0272. The molecular weight excluding hydrogens is 828 g/mol. The molecule has 2 N–H and O–H groups in total. The van der Waals surface area contributed by atoms with Crippen molar-refractivity contribution in [2.75, 3.05) is 40.9 Å². The number of aliphatic hydroxyl groups is 1. The summed E-state index contributed by atoms with van der Waals surface area (Å²) in [5, 5.41) is 13.6. The minimum Gasteiger partial charge on any atom is -0.756 e. The Hall–Kier alpha value is -0.760. The Kier molecular flexibility index (Phi) is 47.7. The fourth-order valence-corrected chi connectivity index (χ4v) is 9.47. The van der Waals surface area contributed by atoms with Crippen molar-refractivity contribution < 1.29 is 32.9 Å². The summed E-state index contributed by atoms with van der Waals surface area (Å²) < 4.78 is 23.0. The molecule has 0 fully saturated rings. The lowest BCUT2D eigenvalue weighted by atomic mass is 10.0. The van der Waals surface area contributed by atoms with Crippen LogP contribution in [0.2, 0.25) is 0 Å². The molecule has 0 aliphatic rings. The van der Waals surface area contributed by atoms with Crippen LogP contribution in [-0.2, 0) is 18.4 Å². The van der Waals surface area contributed by atoms with Gasteiger partial charge in [-0.15, -0.1) is 0 Å². The Morgan fingerprint density at radius 3 is 1.15 bits per heavy atom. The number of amides is 1. The Balaban J connectivity index is 3.64. The van der Waals surface area contributed by atoms with Crippen LogP contribution >= 0.6 is 7.82 Å². The predicted octanol–water partition coefficient (Wildman–Crippen LogP) is 16.4. The number of likely N-dealkylation sites (N-methyl/N-ethyl adjacent to an activating group) is 1. The normalized spacial score (nSPS) is 14.0. The van der Waals surface area contributed by atoms with Gasteiger partial charge in [-0.1, -0.05) is 276 Å². The van der Waals surface area contributed by atoms with Gasteiger partial charge in [-0.3, -0.25) is 9.36 Å². The summed E-state index contributed by atoms with van der Waals surface area (Å²) >= 11 is 0. The van der Waals surface area contributed by atoms with Crippen LogP contribution < -0.4 is 10.2 Å². The van der Waals surface area contributed by atoms with E-state index in [9.17, 15) is 19.4 Å². The van der Waals surface area contributed by atoms with E-state index in [0.29, 0.717) is 17.4 Å². The predicted molar refractivity (Wildman–Crippen MR) is 279 cm³/mol. The van der Waals surface area contributed by atoms with Gasteiger partial charge < -0.3 is 28.8 Å². The molecule has 1 amide bonds. The molecule has 65 heavy (non-hydrogen) atoms. The van der Waals surface area contributed by atoms with Gasteiger partial charge in [0.05, 0.1) is 39.9 Å². The molecule has 3 unspecified atom stereocenters. The van der Waals surface area contributed by atoms with Crippen molar-refractivity contribution in [3.8, 4) is 0 Å². The largest absolute Gasteiger partial charge is 0.756 e. The highest BCUT2D eigenvalue weighted by Gasteiger charge is 2.23. The van der Waals surface area contributed by atoms with Crippen LogP contribution in [0.25, 0.3) is 0 Å². The average molecular weight is 942 g/mol. The van der Waals surface area contributed by atoms with Gasteiger partial charge in [0, 0.05) is 6.42 Å². The summed E-state index contributed by atoms with van der Waals surface area (Å²) in [6.07, 6.45) is 59.6. The topological polar surface area (TPSA) is 108 Å². The van der Waals surface area contributed by atoms with Crippen molar-refractivity contribution in [2.45, 2.75) is 302 Å². The van der Waals surface area contributed by atoms with Gasteiger partial charge in [-0.2, -0.15) is 0 Å². The third-order valence-corrected chi connectivity index (χ3v) is 14.2. The molecule has 0 aromatic heterocycles. The highest BCUT2D eigenvalue weighted by atomic mass is 31.2. The van der Waals surface area contributed by atoms with Crippen molar-refractivity contribution in [3.05, 3.63) is 12.2 Å². The van der Waals surface area contributed by atoms with Crippen LogP contribution in [0.4, 0.5) is 0 Å². The molecule has 0 radical (unpaired) electrons. The fourth-order valence-electron chi connectivity index (χ4n) is 8.74. The Bertz CT molecular complexity index is 1070. The van der Waals surface area contributed by atoms with E-state index >= 15 is 0 Å². The lowest BCUT2D eigenvalue weighted by Gasteiger charge is -2.29. The molecule has 0 saturated heterocycles. The number of allylic oxidation sites excluding steroid dienone is 1. The van der Waals surface area contributed by atoms with Gasteiger partial charge in [0.1, 0.15) is 13.2 Å². The van der Waals surface area contributed by atoms with E-state index in [1.54, 1.807) is 6.08 Å². The third-order valence-electron chi connectivity index (χ3n) is 13.2. The summed E-state index contributed by atoms with van der Waals surface area (Å²) in [6.45, 7) is 4.56. The monoisotopic (exact) mass is 941 g/mol. The Morgan fingerprint density at radius 2 is 0.831 bits per heavy atom. The van der Waals surface area contributed by atoms with Crippen LogP contribution in [0, 0.1) is 0 Å². The van der Waals surface area contributed by atoms with Gasteiger partial charge in [0.2, 0.25) is 5.91 Å². The van der Waals surface area contributed by atoms with Crippen LogP contribution in [0.3, 0.4) is 0 Å². The SMILES string of the molecule is CCCCC/C=C/C(O)C(COP(=O)([O-])OCC[N+](C)(C)C)NC(=O)CCCCCCCCCCCCCCCCCCCCCCCCCCCCCCCCCCCCCCCC. The summed E-state index contributed by atoms with van der Waals surface area (Å²) in [5.74, 6) is -0.199. The van der Waals surface area contributed by atoms with E-state index in [2.05, 4.69) is 19.2 Å². The standard InChI is InChI=1S/C56H113N2O6P/c1-6-8-10-12-13-14-15-16-17-18-19-20-21-22-23-24-25-26-27-28-29-30-31-32-33-34-35-36-37-38-39-40-41-42-43-44-46-48-50-56(60)57-54(55(59)49-47-45-11-9-7-2)53-64-65(61,62)63-52-51-58(3,4)5/h47,49,54-55,59H,6-46,48,50-53H2,1-5H3,(H-,57,60,61,62)/b49-47+. The molecular formula is C56H113N2O6P. The molecule has 0 spiro atoms. The number of nitrogens with one attached hydrogen (secondary N) is 1. The van der Waals surface area contributed by atoms with E-state index in [1.807, 2.05) is 27.2 Å². The smallest absolute Gasteiger partial charge is 0.268 e. The van der Waals surface area contributed by atoms with E-state index in [4.69, 9.17) is 9.05 Å². The number of aliphatic hydroxyl groups excluding tert-OH is 1. The average Bonchev–Trinajstić information content (AvgIpc) is 3.26. The number of hydrogen-bond donors (Lipinski definition) is 2. The molecule has 0 aromatic carbocycles. The maximum Gasteiger partial charge on any atom is 0.268 e. The first-order chi connectivity index (χ1) is 31.5. The minimum absolute atomic E-state index is 0.000962. The number of phosphoric ester groups is 1. The highest BCUT2D eigenvalue weighted by molar-refractivity contribution is 7.45. The van der Waals surface area contributed by atoms with Crippen LogP contribution in [0.1, 0.15) is 290 Å². The molecule has 0 bridgehead atoms. The first kappa shape index (κ1) is 64.2. The van der Waals surface area contributed by atoms with Gasteiger partial charge in [0.25, 0.3) is 7.82 Å². The minimum atomic E-state index is -4.57. The second kappa shape index (κ2) is 48.3. The van der Waals surface area contributed by atoms with Crippen molar-refractivity contribution in [3.63, 3.8) is 0 Å². The third kappa shape index (κ3) is 50.9. The van der Waals surface area contributed by atoms with E-state index < -0.39 is 20.0 Å². The zero-order valence-corrected chi connectivity index (χ0v) is 45.1. The number of hydrogen-bond acceptors (Lipinski definition) is 6. The van der Waals surface area contributed by atoms with E-state index in [0.717, 1.165) is 44.9 Å². The molecule has 9 heteroatoms. The van der Waals surface area contributed by atoms with E-state index in [-0.39, 0.29) is 19.1 Å². The number of nitrogens with zero attached hydrogens (tertiary/aromatic N) is 1. The summed E-state index contributed by atoms with van der Waals surface area (Å²) in [6, 6.07) is -0.878. The van der Waals surface area contributed by atoms with Crippen molar-refractivity contribution >= 4 is 13.7 Å². The van der Waals surface area contributed by atoms with Crippen LogP contribution in [-0.4, -0.2) is 68.5 Å². The second-order valence-corrected chi connectivity index (χ2v) is 22.4. The maximum absolute atomic E-state index is 12.8. The van der Waals surface area contributed by atoms with Gasteiger partial charge in [-0.05, 0) is 19.3 Å². The molecule has 8 nitrogen and oxygen atoms in total. The molecule has 388 valence electrons. The van der Waals surface area contributed by atoms with E-state index in [1.165, 1.54) is 225 Å². The number of quaternary nitrogens is 1. The summed E-state index contributed by atoms with van der Waals surface area (Å²) in [5.41, 5.74) is 0. The summed E-state index contributed by atoms with van der Waals surface area (Å²) in [4.78, 5) is 25.1. The second-order valence-electron chi connectivity index (χ2n) is 21.0. The first-order valence-corrected chi connectivity index (χ1v) is 30.0. The number of carbonyl (C=O) groups is 1. The zero-order valence-electron chi connectivity index (χ0n) is 44.2. The molecule has 0 saturated carbocycles. The summed E-state index contributed by atoms with van der Waals surface area (Å²) in [7, 11) is 1.27. The first-order valence-electron chi connectivity index (χ1n) is 28.6. The molecule has 0 aromatic rings. The van der Waals surface area contributed by atoms with Crippen molar-refractivity contribution in [1.82, 2.24) is 5.32 Å². The van der Waals surface area contributed by atoms with Crippen LogP contribution in [0.15, 0.2) is 12.2 Å². The van der Waals surface area contributed by atoms with Crippen molar-refractivity contribution in [1.29, 1.82) is 0 Å². The Morgan fingerprint density at radius 1 is 0.523 bits per heavy atom. The number of phosphoric acid groups is 1. The lowest BCUT2D eigenvalue weighted by molar-refractivity contribution is -0.870. The molecule has 0 heterocycles. The number of rotatable bonds is 53. The Labute approximate surface area is 405 Å². The number of unbranched alkanes of at least 4 members (excludes halogenated alkanes) is 40. The molecule has 3 atom stereocenters. The zero-order chi connectivity index (χ0) is 47.8. The molecule has 0 rings (SSSR count).